The molecule has 1 heterocycles. The van der Waals surface area contributed by atoms with Crippen molar-refractivity contribution in [3.63, 3.8) is 0 Å². The number of hydrogen-bond acceptors (Lipinski definition) is 2. The van der Waals surface area contributed by atoms with Gasteiger partial charge in [-0.25, -0.2) is 4.98 Å². The Hall–Kier alpha value is -1.83. The lowest BCUT2D eigenvalue weighted by Gasteiger charge is -2.16. The zero-order chi connectivity index (χ0) is 19.5. The molecule has 0 fully saturated rings. The second-order valence-corrected chi connectivity index (χ2v) is 6.33. The third-order valence-electron chi connectivity index (χ3n) is 4.28. The van der Waals surface area contributed by atoms with Crippen LogP contribution in [0.2, 0.25) is 0 Å². The molecule has 1 N–H and O–H groups in total. The molecular formula is C18H20F6N2. The molecule has 8 heteroatoms. The Morgan fingerprint density at radius 1 is 1.08 bits per heavy atom. The summed E-state index contributed by atoms with van der Waals surface area (Å²) in [7, 11) is 0. The Bertz CT molecular complexity index is 752. The van der Waals surface area contributed by atoms with E-state index in [1.54, 1.807) is 0 Å². The molecule has 26 heavy (non-hydrogen) atoms. The molecule has 0 aliphatic rings. The first-order chi connectivity index (χ1) is 12.0. The van der Waals surface area contributed by atoms with Crippen molar-refractivity contribution in [1.29, 1.82) is 0 Å². The molecule has 1 aromatic heterocycles. The van der Waals surface area contributed by atoms with Crippen LogP contribution in [-0.4, -0.2) is 18.1 Å². The highest BCUT2D eigenvalue weighted by Crippen LogP contribution is 2.37. The van der Waals surface area contributed by atoms with Crippen LogP contribution in [-0.2, 0) is 18.8 Å². The monoisotopic (exact) mass is 378 g/mol. The van der Waals surface area contributed by atoms with Crippen molar-refractivity contribution in [3.8, 4) is 0 Å². The number of nitrogens with one attached hydrogen (secondary N) is 1. The minimum absolute atomic E-state index is 0.0955. The normalized spacial score (nSPS) is 14.0. The quantitative estimate of drug-likeness (QED) is 0.534. The first kappa shape index (κ1) is 20.5. The molecule has 0 saturated carbocycles. The number of rotatable bonds is 6. The number of hydrogen-bond donors (Lipinski definition) is 1. The molecule has 1 aromatic carbocycles. The number of fused-ring (bicyclic) bond motifs is 1. The van der Waals surface area contributed by atoms with Crippen LogP contribution in [0.25, 0.3) is 10.9 Å². The number of para-hydroxylation sites is 1. The molecule has 0 aliphatic carbocycles. The van der Waals surface area contributed by atoms with E-state index >= 15 is 0 Å². The number of halogens is 6. The molecule has 0 radical (unpaired) electrons. The Kier molecular flexibility index (Phi) is 6.16. The van der Waals surface area contributed by atoms with E-state index in [0.29, 0.717) is 19.0 Å². The second kappa shape index (κ2) is 7.82. The topological polar surface area (TPSA) is 24.9 Å². The van der Waals surface area contributed by atoms with Gasteiger partial charge in [0.25, 0.3) is 0 Å². The molecule has 2 aromatic rings. The first-order valence-electron chi connectivity index (χ1n) is 8.31. The highest BCUT2D eigenvalue weighted by molar-refractivity contribution is 5.86. The highest BCUT2D eigenvalue weighted by atomic mass is 19.4. The van der Waals surface area contributed by atoms with Gasteiger partial charge in [-0.2, -0.15) is 26.3 Å². The lowest BCUT2D eigenvalue weighted by molar-refractivity contribution is -0.142. The SMILES string of the molecule is CCC(C)CNCCc1cc(C(F)(F)F)nc2c(C(F)(F)F)cccc12. The minimum atomic E-state index is -4.81. The van der Waals surface area contributed by atoms with Gasteiger partial charge in [-0.1, -0.05) is 32.4 Å². The van der Waals surface area contributed by atoms with Crippen molar-refractivity contribution in [2.24, 2.45) is 5.92 Å². The van der Waals surface area contributed by atoms with E-state index in [2.05, 4.69) is 10.3 Å². The van der Waals surface area contributed by atoms with Crippen LogP contribution >= 0.6 is 0 Å². The van der Waals surface area contributed by atoms with E-state index in [1.807, 2.05) is 13.8 Å². The lowest BCUT2D eigenvalue weighted by atomic mass is 10.0. The number of pyridine rings is 1. The summed E-state index contributed by atoms with van der Waals surface area (Å²) in [6.45, 7) is 5.12. The predicted molar refractivity (Wildman–Crippen MR) is 87.8 cm³/mol. The maximum atomic E-state index is 13.2. The summed E-state index contributed by atoms with van der Waals surface area (Å²) in [5.74, 6) is 0.409. The zero-order valence-corrected chi connectivity index (χ0v) is 14.4. The zero-order valence-electron chi connectivity index (χ0n) is 14.4. The summed E-state index contributed by atoms with van der Waals surface area (Å²) < 4.78 is 78.8. The molecule has 2 nitrogen and oxygen atoms in total. The first-order valence-corrected chi connectivity index (χ1v) is 8.31. The molecule has 0 saturated heterocycles. The summed E-state index contributed by atoms with van der Waals surface area (Å²) >= 11 is 0. The van der Waals surface area contributed by atoms with Crippen LogP contribution in [0.1, 0.15) is 37.1 Å². The Labute approximate surface area is 147 Å². The van der Waals surface area contributed by atoms with Crippen molar-refractivity contribution in [2.45, 2.75) is 39.0 Å². The summed E-state index contributed by atoms with van der Waals surface area (Å²) in [5.41, 5.74) is -2.93. The van der Waals surface area contributed by atoms with E-state index in [0.717, 1.165) is 18.6 Å². The van der Waals surface area contributed by atoms with Crippen LogP contribution in [0.5, 0.6) is 0 Å². The fourth-order valence-electron chi connectivity index (χ4n) is 2.62. The second-order valence-electron chi connectivity index (χ2n) is 6.33. The molecule has 1 unspecified atom stereocenters. The summed E-state index contributed by atoms with van der Waals surface area (Å²) in [5, 5.41) is 3.22. The van der Waals surface area contributed by atoms with E-state index < -0.39 is 29.1 Å². The lowest BCUT2D eigenvalue weighted by Crippen LogP contribution is -2.23. The van der Waals surface area contributed by atoms with E-state index in [4.69, 9.17) is 0 Å². The van der Waals surface area contributed by atoms with Gasteiger partial charge in [0.15, 0.2) is 0 Å². The van der Waals surface area contributed by atoms with Gasteiger partial charge in [-0.05, 0) is 43.1 Å². The third kappa shape index (κ3) is 4.87. The Balaban J connectivity index is 2.44. The summed E-state index contributed by atoms with van der Waals surface area (Å²) in [6, 6.07) is 4.16. The van der Waals surface area contributed by atoms with Crippen LogP contribution < -0.4 is 5.32 Å². The standard InChI is InChI=1S/C18H20F6N2/c1-3-11(2)10-25-8-7-12-9-15(18(22,23)24)26-16-13(12)5-4-6-14(16)17(19,20)21/h4-6,9,11,25H,3,7-8,10H2,1-2H3. The average molecular weight is 378 g/mol. The number of benzene rings is 1. The van der Waals surface area contributed by atoms with Gasteiger partial charge in [0, 0.05) is 5.39 Å². The maximum Gasteiger partial charge on any atom is 0.433 e. The molecule has 2 rings (SSSR count). The van der Waals surface area contributed by atoms with Gasteiger partial charge < -0.3 is 5.32 Å². The van der Waals surface area contributed by atoms with E-state index in [-0.39, 0.29) is 17.4 Å². The van der Waals surface area contributed by atoms with Crippen molar-refractivity contribution >= 4 is 10.9 Å². The van der Waals surface area contributed by atoms with Crippen molar-refractivity contribution in [2.75, 3.05) is 13.1 Å². The predicted octanol–water partition coefficient (Wildman–Crippen LogP) is 5.45. The summed E-state index contributed by atoms with van der Waals surface area (Å²) in [6.07, 6.45) is -8.45. The average Bonchev–Trinajstić information content (AvgIpc) is 2.55. The molecule has 0 amide bonds. The largest absolute Gasteiger partial charge is 0.433 e. The Morgan fingerprint density at radius 3 is 2.35 bits per heavy atom. The third-order valence-corrected chi connectivity index (χ3v) is 4.28. The molecule has 0 spiro atoms. The molecule has 144 valence electrons. The van der Waals surface area contributed by atoms with Gasteiger partial charge in [0.1, 0.15) is 5.69 Å². The van der Waals surface area contributed by atoms with E-state index in [1.165, 1.54) is 12.1 Å². The van der Waals surface area contributed by atoms with E-state index in [9.17, 15) is 26.3 Å². The molecule has 0 bridgehead atoms. The minimum Gasteiger partial charge on any atom is -0.316 e. The number of aromatic nitrogens is 1. The van der Waals surface area contributed by atoms with Crippen molar-refractivity contribution in [1.82, 2.24) is 10.3 Å². The van der Waals surface area contributed by atoms with Gasteiger partial charge in [0.05, 0.1) is 11.1 Å². The molecule has 0 aliphatic heterocycles. The summed E-state index contributed by atoms with van der Waals surface area (Å²) in [4.78, 5) is 3.28. The fraction of sp³-hybridized carbons (Fsp3) is 0.500. The van der Waals surface area contributed by atoms with Crippen LogP contribution in [0, 0.1) is 5.92 Å². The Morgan fingerprint density at radius 2 is 1.77 bits per heavy atom. The van der Waals surface area contributed by atoms with Crippen LogP contribution in [0.15, 0.2) is 24.3 Å². The van der Waals surface area contributed by atoms with Crippen LogP contribution in [0.4, 0.5) is 26.3 Å². The fourth-order valence-corrected chi connectivity index (χ4v) is 2.62. The number of alkyl halides is 6. The van der Waals surface area contributed by atoms with Gasteiger partial charge in [-0.15, -0.1) is 0 Å². The van der Waals surface area contributed by atoms with Crippen molar-refractivity contribution in [3.05, 3.63) is 41.1 Å². The number of nitrogens with zero attached hydrogens (tertiary/aromatic N) is 1. The smallest absolute Gasteiger partial charge is 0.316 e. The van der Waals surface area contributed by atoms with Crippen LogP contribution in [0.3, 0.4) is 0 Å². The highest BCUT2D eigenvalue weighted by Gasteiger charge is 2.37. The van der Waals surface area contributed by atoms with Gasteiger partial charge in [0.2, 0.25) is 0 Å². The van der Waals surface area contributed by atoms with Gasteiger partial charge in [-0.3, -0.25) is 0 Å². The molecule has 1 atom stereocenters. The maximum absolute atomic E-state index is 13.2. The molecular weight excluding hydrogens is 358 g/mol. The van der Waals surface area contributed by atoms with Crippen molar-refractivity contribution < 1.29 is 26.3 Å². The van der Waals surface area contributed by atoms with Gasteiger partial charge >= 0.3 is 12.4 Å².